The predicted molar refractivity (Wildman–Crippen MR) is 31.7 cm³/mol. The number of nitrogens with one attached hydrogen (secondary N) is 1. The molecule has 0 fully saturated rings. The van der Waals surface area contributed by atoms with Gasteiger partial charge in [-0.15, -0.1) is 0 Å². The molecular weight excluding hydrogens is 155 g/mol. The number of aromatic nitrogens is 2. The predicted octanol–water partition coefficient (Wildman–Crippen LogP) is -0.0340. The molecule has 4 heteroatoms. The Kier molecular flexibility index (Phi) is 1.19. The minimum absolute atomic E-state index is 0.569. The largest absolute Gasteiger partial charge is 0.292 e. The minimum Gasteiger partial charge on any atom is -0.292 e. The first-order chi connectivity index (χ1) is 3.30. The highest BCUT2D eigenvalue weighted by Crippen LogP contribution is 1.98. The van der Waals surface area contributed by atoms with Crippen LogP contribution in [0.3, 0.4) is 0 Å². The Labute approximate surface area is 50.8 Å². The molecule has 0 bridgehead atoms. The van der Waals surface area contributed by atoms with Gasteiger partial charge in [0.05, 0.1) is 6.20 Å². The summed E-state index contributed by atoms with van der Waals surface area (Å²) in [5.41, 5.74) is 0.569. The highest BCUT2D eigenvalue weighted by atomic mass is 79.9. The van der Waals surface area contributed by atoms with Gasteiger partial charge in [0.15, 0.2) is 0 Å². The standard InChI is InChI=1S/C3H2BBrN2/c4-3-2(5)1-6-7-3/h1H,(H,6,7). The summed E-state index contributed by atoms with van der Waals surface area (Å²) >= 11 is 3.15. The fourth-order valence-corrected chi connectivity index (χ4v) is 0.472. The Morgan fingerprint density at radius 3 is 2.71 bits per heavy atom. The van der Waals surface area contributed by atoms with Crippen molar-refractivity contribution in [1.29, 1.82) is 0 Å². The molecule has 0 aliphatic carbocycles. The van der Waals surface area contributed by atoms with Gasteiger partial charge in [-0.2, -0.15) is 5.10 Å². The van der Waals surface area contributed by atoms with Crippen molar-refractivity contribution in [3.63, 3.8) is 0 Å². The fraction of sp³-hybridized carbons (Fsp3) is 0. The number of hydrogen-bond acceptors (Lipinski definition) is 1. The van der Waals surface area contributed by atoms with E-state index in [1.165, 1.54) is 0 Å². The highest BCUT2D eigenvalue weighted by molar-refractivity contribution is 9.10. The average molecular weight is 157 g/mol. The van der Waals surface area contributed by atoms with Crippen LogP contribution in [0, 0.1) is 0 Å². The van der Waals surface area contributed by atoms with Crippen molar-refractivity contribution in [2.45, 2.75) is 0 Å². The molecule has 1 aromatic heterocycles. The van der Waals surface area contributed by atoms with Crippen LogP contribution < -0.4 is 5.59 Å². The molecule has 0 spiro atoms. The van der Waals surface area contributed by atoms with E-state index in [2.05, 4.69) is 26.1 Å². The summed E-state index contributed by atoms with van der Waals surface area (Å²) in [4.78, 5) is 0. The second kappa shape index (κ2) is 1.70. The van der Waals surface area contributed by atoms with Crippen LogP contribution in [0.2, 0.25) is 0 Å². The number of H-pyrrole nitrogens is 1. The lowest BCUT2D eigenvalue weighted by atomic mass is 10.1. The van der Waals surface area contributed by atoms with Crippen molar-refractivity contribution in [3.05, 3.63) is 10.7 Å². The molecule has 1 rings (SSSR count). The Bertz CT molecular complexity index is 145. The minimum atomic E-state index is 0.569. The van der Waals surface area contributed by atoms with Crippen LogP contribution in [0.15, 0.2) is 10.7 Å². The molecule has 0 saturated heterocycles. The van der Waals surface area contributed by atoms with Crippen molar-refractivity contribution < 1.29 is 0 Å². The number of nitrogens with zero attached hydrogens (tertiary/aromatic N) is 1. The third-order valence-electron chi connectivity index (χ3n) is 0.620. The maximum Gasteiger partial charge on any atom is 0.142 e. The molecule has 34 valence electrons. The Balaban J connectivity index is 3.12. The van der Waals surface area contributed by atoms with Gasteiger partial charge in [0.25, 0.3) is 0 Å². The van der Waals surface area contributed by atoms with Gasteiger partial charge in [-0.25, -0.2) is 0 Å². The number of rotatable bonds is 0. The molecular formula is C3H2BBrN2. The summed E-state index contributed by atoms with van der Waals surface area (Å²) in [6.07, 6.45) is 1.61. The van der Waals surface area contributed by atoms with Gasteiger partial charge in [0.1, 0.15) is 7.85 Å². The number of halogens is 1. The van der Waals surface area contributed by atoms with E-state index in [4.69, 9.17) is 7.85 Å². The summed E-state index contributed by atoms with van der Waals surface area (Å²) in [6.45, 7) is 0. The molecule has 0 atom stereocenters. The second-order valence-electron chi connectivity index (χ2n) is 1.13. The lowest BCUT2D eigenvalue weighted by Gasteiger charge is -1.77. The smallest absolute Gasteiger partial charge is 0.142 e. The van der Waals surface area contributed by atoms with E-state index in [-0.39, 0.29) is 0 Å². The van der Waals surface area contributed by atoms with Gasteiger partial charge in [0, 0.05) is 4.47 Å². The van der Waals surface area contributed by atoms with Crippen molar-refractivity contribution in [3.8, 4) is 0 Å². The molecule has 0 aliphatic heterocycles. The van der Waals surface area contributed by atoms with Crippen LogP contribution in [0.25, 0.3) is 0 Å². The molecule has 0 aliphatic rings. The number of aromatic amines is 1. The molecule has 2 nitrogen and oxygen atoms in total. The van der Waals surface area contributed by atoms with E-state index < -0.39 is 0 Å². The second-order valence-corrected chi connectivity index (χ2v) is 1.99. The van der Waals surface area contributed by atoms with Gasteiger partial charge in [0.2, 0.25) is 0 Å². The van der Waals surface area contributed by atoms with Crippen LogP contribution in [0.4, 0.5) is 0 Å². The fourth-order valence-electron chi connectivity index (χ4n) is 0.281. The lowest BCUT2D eigenvalue weighted by molar-refractivity contribution is 1.11. The van der Waals surface area contributed by atoms with E-state index in [1.807, 2.05) is 0 Å². The molecule has 0 amide bonds. The molecule has 0 saturated carbocycles. The van der Waals surface area contributed by atoms with Gasteiger partial charge in [-0.3, -0.25) is 5.10 Å². The van der Waals surface area contributed by atoms with Crippen LogP contribution in [-0.4, -0.2) is 18.0 Å². The summed E-state index contributed by atoms with van der Waals surface area (Å²) in [5.74, 6) is 0. The summed E-state index contributed by atoms with van der Waals surface area (Å²) in [7, 11) is 5.27. The van der Waals surface area contributed by atoms with Crippen molar-refractivity contribution in [1.82, 2.24) is 10.2 Å². The van der Waals surface area contributed by atoms with Crippen LogP contribution in [-0.2, 0) is 0 Å². The van der Waals surface area contributed by atoms with E-state index in [0.717, 1.165) is 4.47 Å². The zero-order valence-corrected chi connectivity index (χ0v) is 5.07. The summed E-state index contributed by atoms with van der Waals surface area (Å²) < 4.78 is 0.813. The normalized spacial score (nSPS) is 9.29. The van der Waals surface area contributed by atoms with Crippen molar-refractivity contribution >= 4 is 29.4 Å². The zero-order valence-electron chi connectivity index (χ0n) is 3.48. The average Bonchev–Trinajstić information content (AvgIpc) is 1.91. The molecule has 1 aromatic rings. The first-order valence-electron chi connectivity index (χ1n) is 1.75. The quantitative estimate of drug-likeness (QED) is 0.526. The Morgan fingerprint density at radius 1 is 1.86 bits per heavy atom. The van der Waals surface area contributed by atoms with Gasteiger partial charge in [-0.05, 0) is 21.5 Å². The molecule has 1 heterocycles. The molecule has 7 heavy (non-hydrogen) atoms. The van der Waals surface area contributed by atoms with Gasteiger partial charge >= 0.3 is 0 Å². The van der Waals surface area contributed by atoms with Crippen LogP contribution >= 0.6 is 15.9 Å². The Hall–Kier alpha value is -0.245. The van der Waals surface area contributed by atoms with E-state index in [9.17, 15) is 0 Å². The first-order valence-corrected chi connectivity index (χ1v) is 2.54. The topological polar surface area (TPSA) is 28.7 Å². The summed E-state index contributed by atoms with van der Waals surface area (Å²) in [6, 6.07) is 0. The number of hydrogen-bond donors (Lipinski definition) is 1. The van der Waals surface area contributed by atoms with Crippen LogP contribution in [0.5, 0.6) is 0 Å². The van der Waals surface area contributed by atoms with Crippen molar-refractivity contribution in [2.24, 2.45) is 0 Å². The lowest BCUT2D eigenvalue weighted by Crippen LogP contribution is -2.02. The Morgan fingerprint density at radius 2 is 2.57 bits per heavy atom. The highest BCUT2D eigenvalue weighted by Gasteiger charge is 1.89. The zero-order chi connectivity index (χ0) is 5.28. The monoisotopic (exact) mass is 156 g/mol. The first kappa shape index (κ1) is 4.90. The molecule has 1 N–H and O–H groups in total. The van der Waals surface area contributed by atoms with E-state index >= 15 is 0 Å². The summed E-state index contributed by atoms with van der Waals surface area (Å²) in [5, 5.41) is 6.17. The van der Waals surface area contributed by atoms with E-state index in [1.54, 1.807) is 6.20 Å². The van der Waals surface area contributed by atoms with Crippen molar-refractivity contribution in [2.75, 3.05) is 0 Å². The molecule has 0 unspecified atom stereocenters. The molecule has 2 radical (unpaired) electrons. The third-order valence-corrected chi connectivity index (χ3v) is 1.25. The maximum atomic E-state index is 5.27. The SMILES string of the molecule is [B]c1[nH]ncc1Br. The van der Waals surface area contributed by atoms with E-state index in [0.29, 0.717) is 5.59 Å². The maximum absolute atomic E-state index is 5.27. The molecule has 0 aromatic carbocycles. The third kappa shape index (κ3) is 0.853. The van der Waals surface area contributed by atoms with Gasteiger partial charge < -0.3 is 0 Å². The van der Waals surface area contributed by atoms with Gasteiger partial charge in [-0.1, -0.05) is 0 Å². The van der Waals surface area contributed by atoms with Crippen LogP contribution in [0.1, 0.15) is 0 Å².